The van der Waals surface area contributed by atoms with Crippen LogP contribution in [-0.4, -0.2) is 55.8 Å². The lowest BCUT2D eigenvalue weighted by atomic mass is 10.1. The molecule has 0 aromatic heterocycles. The fourth-order valence-electron chi connectivity index (χ4n) is 1.73. The van der Waals surface area contributed by atoms with Crippen molar-refractivity contribution in [2.45, 2.75) is 26.3 Å². The average Bonchev–Trinajstić information content (AvgIpc) is 2.29. The Hall–Kier alpha value is 0.360. The predicted octanol–water partition coefficient (Wildman–Crippen LogP) is 2.14. The largest absolute Gasteiger partial charge is 0.380 e. The summed E-state index contributed by atoms with van der Waals surface area (Å²) >= 11 is 3.53. The van der Waals surface area contributed by atoms with Crippen molar-refractivity contribution in [1.29, 1.82) is 0 Å². The minimum atomic E-state index is 0.516. The average molecular weight is 294 g/mol. The molecule has 0 radical (unpaired) electrons. The van der Waals surface area contributed by atoms with Crippen LogP contribution >= 0.6 is 15.9 Å². The molecule has 16 heavy (non-hydrogen) atoms. The lowest BCUT2D eigenvalue weighted by Gasteiger charge is -2.34. The lowest BCUT2D eigenvalue weighted by molar-refractivity contribution is -0.0123. The van der Waals surface area contributed by atoms with Crippen molar-refractivity contribution >= 4 is 15.9 Å². The molecule has 1 aliphatic heterocycles. The van der Waals surface area contributed by atoms with E-state index in [4.69, 9.17) is 9.47 Å². The number of hydrogen-bond donors (Lipinski definition) is 0. The molecule has 0 saturated carbocycles. The van der Waals surface area contributed by atoms with E-state index in [-0.39, 0.29) is 0 Å². The van der Waals surface area contributed by atoms with E-state index in [9.17, 15) is 0 Å². The van der Waals surface area contributed by atoms with Gasteiger partial charge in [0.25, 0.3) is 0 Å². The van der Waals surface area contributed by atoms with Crippen LogP contribution in [0.25, 0.3) is 0 Å². The first-order valence-electron chi connectivity index (χ1n) is 6.19. The van der Waals surface area contributed by atoms with Gasteiger partial charge in [0.15, 0.2) is 0 Å². The minimum absolute atomic E-state index is 0.516. The van der Waals surface area contributed by atoms with Crippen molar-refractivity contribution in [3.63, 3.8) is 0 Å². The van der Waals surface area contributed by atoms with Crippen molar-refractivity contribution in [2.75, 3.05) is 44.8 Å². The molecule has 0 spiro atoms. The molecule has 4 heteroatoms. The fourth-order valence-corrected chi connectivity index (χ4v) is 2.32. The van der Waals surface area contributed by atoms with Gasteiger partial charge in [-0.2, -0.15) is 0 Å². The van der Waals surface area contributed by atoms with Crippen LogP contribution in [0, 0.1) is 5.92 Å². The van der Waals surface area contributed by atoms with Gasteiger partial charge in [-0.25, -0.2) is 0 Å². The highest BCUT2D eigenvalue weighted by molar-refractivity contribution is 9.09. The topological polar surface area (TPSA) is 21.7 Å². The van der Waals surface area contributed by atoms with Gasteiger partial charge in [0.2, 0.25) is 0 Å². The Morgan fingerprint density at radius 1 is 1.44 bits per heavy atom. The van der Waals surface area contributed by atoms with Gasteiger partial charge in [0, 0.05) is 31.1 Å². The Morgan fingerprint density at radius 2 is 2.25 bits per heavy atom. The van der Waals surface area contributed by atoms with Gasteiger partial charge in [-0.15, -0.1) is 0 Å². The summed E-state index contributed by atoms with van der Waals surface area (Å²) < 4.78 is 11.1. The lowest BCUT2D eigenvalue weighted by Crippen LogP contribution is -2.47. The van der Waals surface area contributed by atoms with Gasteiger partial charge in [-0.05, 0) is 12.3 Å². The monoisotopic (exact) mass is 293 g/mol. The molecule has 1 saturated heterocycles. The Balaban J connectivity index is 2.06. The third kappa shape index (κ3) is 5.62. The Morgan fingerprint density at radius 3 is 2.94 bits per heavy atom. The van der Waals surface area contributed by atoms with Gasteiger partial charge in [-0.3, -0.25) is 4.90 Å². The van der Waals surface area contributed by atoms with E-state index in [2.05, 4.69) is 34.7 Å². The zero-order chi connectivity index (χ0) is 11.8. The van der Waals surface area contributed by atoms with Crippen molar-refractivity contribution in [3.8, 4) is 0 Å². The number of morpholine rings is 1. The van der Waals surface area contributed by atoms with Crippen LogP contribution in [0.15, 0.2) is 0 Å². The van der Waals surface area contributed by atoms with E-state index in [0.717, 1.165) is 57.2 Å². The molecular weight excluding hydrogens is 270 g/mol. The van der Waals surface area contributed by atoms with Crippen molar-refractivity contribution in [1.82, 2.24) is 4.90 Å². The second-order valence-corrected chi connectivity index (χ2v) is 5.36. The van der Waals surface area contributed by atoms with E-state index in [1.165, 1.54) is 0 Å². The van der Waals surface area contributed by atoms with E-state index in [0.29, 0.717) is 6.04 Å². The molecule has 0 amide bonds. The summed E-state index contributed by atoms with van der Waals surface area (Å²) in [6, 6.07) is 0.516. The van der Waals surface area contributed by atoms with Crippen LogP contribution in [0.4, 0.5) is 0 Å². The van der Waals surface area contributed by atoms with Crippen LogP contribution in [0.5, 0.6) is 0 Å². The molecule has 1 rings (SSSR count). The second-order valence-electron chi connectivity index (χ2n) is 4.71. The van der Waals surface area contributed by atoms with E-state index in [1.807, 2.05) is 0 Å². The van der Waals surface area contributed by atoms with Gasteiger partial charge >= 0.3 is 0 Å². The standard InChI is InChI=1S/C12H24BrNO2/c1-11(2)3-6-15-7-4-14-5-8-16-10-12(14)9-13/h11-12H,3-10H2,1-2H3. The Labute approximate surface area is 108 Å². The smallest absolute Gasteiger partial charge is 0.0630 e. The van der Waals surface area contributed by atoms with Crippen LogP contribution in [0.1, 0.15) is 20.3 Å². The predicted molar refractivity (Wildman–Crippen MR) is 70.2 cm³/mol. The quantitative estimate of drug-likeness (QED) is 0.530. The molecular formula is C12H24BrNO2. The molecule has 0 bridgehead atoms. The fraction of sp³-hybridized carbons (Fsp3) is 1.00. The molecule has 1 fully saturated rings. The van der Waals surface area contributed by atoms with Gasteiger partial charge in [0.1, 0.15) is 0 Å². The number of hydrogen-bond acceptors (Lipinski definition) is 3. The van der Waals surface area contributed by atoms with Gasteiger partial charge in [-0.1, -0.05) is 29.8 Å². The SMILES string of the molecule is CC(C)CCOCCN1CCOCC1CBr. The number of halogens is 1. The third-order valence-electron chi connectivity index (χ3n) is 2.89. The summed E-state index contributed by atoms with van der Waals surface area (Å²) in [6.07, 6.45) is 1.16. The Kier molecular flexibility index (Phi) is 7.62. The number of ether oxygens (including phenoxy) is 2. The summed E-state index contributed by atoms with van der Waals surface area (Å²) in [7, 11) is 0. The molecule has 0 N–H and O–H groups in total. The maximum Gasteiger partial charge on any atom is 0.0630 e. The van der Waals surface area contributed by atoms with Gasteiger partial charge in [0.05, 0.1) is 19.8 Å². The highest BCUT2D eigenvalue weighted by Crippen LogP contribution is 2.09. The third-order valence-corrected chi connectivity index (χ3v) is 3.64. The normalized spacial score (nSPS) is 22.9. The Bertz CT molecular complexity index is 178. The van der Waals surface area contributed by atoms with Crippen molar-refractivity contribution < 1.29 is 9.47 Å². The number of nitrogens with zero attached hydrogens (tertiary/aromatic N) is 1. The molecule has 0 aromatic carbocycles. The first kappa shape index (κ1) is 14.4. The van der Waals surface area contributed by atoms with E-state index in [1.54, 1.807) is 0 Å². The molecule has 96 valence electrons. The van der Waals surface area contributed by atoms with Crippen molar-refractivity contribution in [2.24, 2.45) is 5.92 Å². The van der Waals surface area contributed by atoms with Crippen LogP contribution in [0.3, 0.4) is 0 Å². The first-order valence-corrected chi connectivity index (χ1v) is 7.31. The summed E-state index contributed by atoms with van der Waals surface area (Å²) in [5, 5.41) is 0.985. The second kappa shape index (κ2) is 8.45. The van der Waals surface area contributed by atoms with Crippen molar-refractivity contribution in [3.05, 3.63) is 0 Å². The highest BCUT2D eigenvalue weighted by Gasteiger charge is 2.21. The molecule has 1 atom stereocenters. The minimum Gasteiger partial charge on any atom is -0.380 e. The van der Waals surface area contributed by atoms with E-state index < -0.39 is 0 Å². The maximum atomic E-state index is 5.64. The number of rotatable bonds is 7. The van der Waals surface area contributed by atoms with Crippen LogP contribution in [0.2, 0.25) is 0 Å². The molecule has 1 aliphatic rings. The first-order chi connectivity index (χ1) is 7.74. The molecule has 1 unspecified atom stereocenters. The summed E-state index contributed by atoms with van der Waals surface area (Å²) in [6.45, 7) is 9.95. The van der Waals surface area contributed by atoms with E-state index >= 15 is 0 Å². The van der Waals surface area contributed by atoms with Gasteiger partial charge < -0.3 is 9.47 Å². The molecule has 3 nitrogen and oxygen atoms in total. The maximum absolute atomic E-state index is 5.64. The summed E-state index contributed by atoms with van der Waals surface area (Å²) in [5.41, 5.74) is 0. The molecule has 0 aromatic rings. The molecule has 0 aliphatic carbocycles. The summed E-state index contributed by atoms with van der Waals surface area (Å²) in [4.78, 5) is 2.45. The molecule has 1 heterocycles. The highest BCUT2D eigenvalue weighted by atomic mass is 79.9. The number of alkyl halides is 1. The zero-order valence-corrected chi connectivity index (χ0v) is 12.0. The van der Waals surface area contributed by atoms with Crippen LogP contribution < -0.4 is 0 Å². The van der Waals surface area contributed by atoms with Crippen LogP contribution in [-0.2, 0) is 9.47 Å². The zero-order valence-electron chi connectivity index (χ0n) is 10.5. The summed E-state index contributed by atoms with van der Waals surface area (Å²) in [5.74, 6) is 0.735.